The van der Waals surface area contributed by atoms with E-state index in [0.717, 1.165) is 63.8 Å². The van der Waals surface area contributed by atoms with Gasteiger partial charge in [0.25, 0.3) is 5.91 Å². The lowest BCUT2D eigenvalue weighted by Crippen LogP contribution is -2.58. The maximum atomic E-state index is 12.8. The Balaban J connectivity index is 1.46. The molecule has 5 nitrogen and oxygen atoms in total. The van der Waals surface area contributed by atoms with Crippen LogP contribution in [0.25, 0.3) is 0 Å². The number of benzene rings is 1. The van der Waals surface area contributed by atoms with Crippen molar-refractivity contribution in [1.29, 1.82) is 0 Å². The lowest BCUT2D eigenvalue weighted by molar-refractivity contribution is -0.142. The van der Waals surface area contributed by atoms with E-state index < -0.39 is 0 Å². The third-order valence-corrected chi connectivity index (χ3v) is 6.50. The molecule has 2 amide bonds. The molecule has 5 heteroatoms. The molecule has 140 valence electrons. The SMILES string of the molecule is O=C(c1ccccc1)N1CCC[C@H](N2CC3(CCNCC3)CCC2=O)C1. The van der Waals surface area contributed by atoms with Crippen LogP contribution in [0, 0.1) is 5.41 Å². The Morgan fingerprint density at radius 1 is 1.12 bits per heavy atom. The molecular formula is C21H29N3O2. The first-order valence-electron chi connectivity index (χ1n) is 10.0. The number of hydrogen-bond acceptors (Lipinski definition) is 3. The standard InChI is InChI=1S/C21H29N3O2/c25-19-8-9-21(10-12-22-13-11-21)16-24(19)18-7-4-14-23(15-18)20(26)17-5-2-1-3-6-17/h1-3,5-6,18,22H,4,7-16H2/t18-/m0/s1. The highest BCUT2D eigenvalue weighted by Gasteiger charge is 2.42. The van der Waals surface area contributed by atoms with Gasteiger partial charge in [-0.15, -0.1) is 0 Å². The average molecular weight is 355 g/mol. The highest BCUT2D eigenvalue weighted by Crippen LogP contribution is 2.39. The zero-order chi connectivity index (χ0) is 18.0. The van der Waals surface area contributed by atoms with Crippen molar-refractivity contribution in [2.75, 3.05) is 32.7 Å². The summed E-state index contributed by atoms with van der Waals surface area (Å²) in [6.07, 6.45) is 6.01. The fourth-order valence-electron chi connectivity index (χ4n) is 4.90. The normalized spacial score (nSPS) is 26.2. The van der Waals surface area contributed by atoms with Gasteiger partial charge in [-0.1, -0.05) is 18.2 Å². The minimum absolute atomic E-state index is 0.0938. The van der Waals surface area contributed by atoms with Crippen LogP contribution in [0.15, 0.2) is 30.3 Å². The van der Waals surface area contributed by atoms with Gasteiger partial charge in [0, 0.05) is 37.7 Å². The fourth-order valence-corrected chi connectivity index (χ4v) is 4.90. The molecule has 3 heterocycles. The lowest BCUT2D eigenvalue weighted by atomic mass is 9.72. The molecule has 0 radical (unpaired) electrons. The number of hydrogen-bond donors (Lipinski definition) is 1. The van der Waals surface area contributed by atoms with Crippen molar-refractivity contribution in [2.45, 2.75) is 44.6 Å². The van der Waals surface area contributed by atoms with E-state index in [2.05, 4.69) is 10.2 Å². The van der Waals surface area contributed by atoms with E-state index in [1.807, 2.05) is 35.2 Å². The Labute approximate surface area is 155 Å². The Hall–Kier alpha value is -1.88. The van der Waals surface area contributed by atoms with Crippen LogP contribution >= 0.6 is 0 Å². The molecule has 26 heavy (non-hydrogen) atoms. The number of rotatable bonds is 2. The second-order valence-electron chi connectivity index (χ2n) is 8.18. The molecule has 1 spiro atoms. The van der Waals surface area contributed by atoms with Crippen LogP contribution in [0.5, 0.6) is 0 Å². The Morgan fingerprint density at radius 3 is 2.65 bits per heavy atom. The van der Waals surface area contributed by atoms with Crippen LogP contribution in [-0.4, -0.2) is 60.4 Å². The topological polar surface area (TPSA) is 52.7 Å². The summed E-state index contributed by atoms with van der Waals surface area (Å²) in [5, 5.41) is 3.45. The van der Waals surface area contributed by atoms with Gasteiger partial charge in [0.15, 0.2) is 0 Å². The van der Waals surface area contributed by atoms with E-state index in [4.69, 9.17) is 0 Å². The Bertz CT molecular complexity index is 654. The van der Waals surface area contributed by atoms with Gasteiger partial charge in [0.05, 0.1) is 0 Å². The van der Waals surface area contributed by atoms with Crippen molar-refractivity contribution in [3.63, 3.8) is 0 Å². The molecule has 0 aromatic heterocycles. The summed E-state index contributed by atoms with van der Waals surface area (Å²) < 4.78 is 0. The fraction of sp³-hybridized carbons (Fsp3) is 0.619. The minimum atomic E-state index is 0.0938. The quantitative estimate of drug-likeness (QED) is 0.886. The molecule has 1 aromatic rings. The highest BCUT2D eigenvalue weighted by atomic mass is 16.2. The maximum absolute atomic E-state index is 12.8. The van der Waals surface area contributed by atoms with Crippen molar-refractivity contribution in [3.8, 4) is 0 Å². The average Bonchev–Trinajstić information content (AvgIpc) is 2.71. The Kier molecular flexibility index (Phi) is 4.98. The van der Waals surface area contributed by atoms with Crippen LogP contribution in [0.3, 0.4) is 0 Å². The summed E-state index contributed by atoms with van der Waals surface area (Å²) in [6, 6.07) is 9.67. The second-order valence-corrected chi connectivity index (χ2v) is 8.18. The minimum Gasteiger partial charge on any atom is -0.337 e. The van der Waals surface area contributed by atoms with Gasteiger partial charge in [-0.3, -0.25) is 9.59 Å². The van der Waals surface area contributed by atoms with Crippen molar-refractivity contribution >= 4 is 11.8 Å². The van der Waals surface area contributed by atoms with Crippen LogP contribution < -0.4 is 5.32 Å². The van der Waals surface area contributed by atoms with Gasteiger partial charge in [-0.05, 0) is 62.7 Å². The Morgan fingerprint density at radius 2 is 1.88 bits per heavy atom. The number of carbonyl (C=O) groups is 2. The van der Waals surface area contributed by atoms with Crippen molar-refractivity contribution in [1.82, 2.24) is 15.1 Å². The summed E-state index contributed by atoms with van der Waals surface area (Å²) in [5.41, 5.74) is 1.04. The van der Waals surface area contributed by atoms with Crippen molar-refractivity contribution < 1.29 is 9.59 Å². The summed E-state index contributed by atoms with van der Waals surface area (Å²) in [6.45, 7) is 4.47. The molecule has 1 N–H and O–H groups in total. The van der Waals surface area contributed by atoms with Gasteiger partial charge >= 0.3 is 0 Å². The van der Waals surface area contributed by atoms with E-state index in [9.17, 15) is 9.59 Å². The number of amides is 2. The van der Waals surface area contributed by atoms with E-state index in [-0.39, 0.29) is 17.9 Å². The zero-order valence-electron chi connectivity index (χ0n) is 15.5. The smallest absolute Gasteiger partial charge is 0.253 e. The zero-order valence-corrected chi connectivity index (χ0v) is 15.5. The third kappa shape index (κ3) is 3.50. The van der Waals surface area contributed by atoms with Crippen molar-refractivity contribution in [3.05, 3.63) is 35.9 Å². The molecule has 0 bridgehead atoms. The van der Waals surface area contributed by atoms with Gasteiger partial charge in [0.1, 0.15) is 0 Å². The van der Waals surface area contributed by atoms with Crippen LogP contribution in [0.4, 0.5) is 0 Å². The highest BCUT2D eigenvalue weighted by molar-refractivity contribution is 5.94. The number of likely N-dealkylation sites (tertiary alicyclic amines) is 2. The monoisotopic (exact) mass is 355 g/mol. The first-order chi connectivity index (χ1) is 12.7. The molecule has 1 aromatic carbocycles. The summed E-state index contributed by atoms with van der Waals surface area (Å²) in [5.74, 6) is 0.379. The largest absolute Gasteiger partial charge is 0.337 e. The predicted molar refractivity (Wildman–Crippen MR) is 101 cm³/mol. The summed E-state index contributed by atoms with van der Waals surface area (Å²) in [7, 11) is 0. The van der Waals surface area contributed by atoms with Crippen LogP contribution in [0.2, 0.25) is 0 Å². The van der Waals surface area contributed by atoms with Gasteiger partial charge < -0.3 is 15.1 Å². The first kappa shape index (κ1) is 17.5. The second kappa shape index (κ2) is 7.39. The number of carbonyl (C=O) groups excluding carboxylic acids is 2. The van der Waals surface area contributed by atoms with Crippen molar-refractivity contribution in [2.24, 2.45) is 5.41 Å². The van der Waals surface area contributed by atoms with E-state index in [1.54, 1.807) is 0 Å². The molecule has 0 saturated carbocycles. The third-order valence-electron chi connectivity index (χ3n) is 6.50. The molecule has 1 atom stereocenters. The van der Waals surface area contributed by atoms with Gasteiger partial charge in [-0.25, -0.2) is 0 Å². The van der Waals surface area contributed by atoms with Gasteiger partial charge in [0.2, 0.25) is 5.91 Å². The van der Waals surface area contributed by atoms with E-state index in [1.165, 1.54) is 0 Å². The summed E-state index contributed by atoms with van der Waals surface area (Å²) >= 11 is 0. The lowest BCUT2D eigenvalue weighted by Gasteiger charge is -2.49. The van der Waals surface area contributed by atoms with Crippen LogP contribution in [0.1, 0.15) is 48.9 Å². The molecule has 3 fully saturated rings. The molecule has 3 aliphatic heterocycles. The molecule has 0 unspecified atom stereocenters. The van der Waals surface area contributed by atoms with E-state index >= 15 is 0 Å². The van der Waals surface area contributed by atoms with Crippen LogP contribution in [-0.2, 0) is 4.79 Å². The maximum Gasteiger partial charge on any atom is 0.253 e. The molecule has 3 aliphatic rings. The molecule has 0 aliphatic carbocycles. The molecule has 3 saturated heterocycles. The summed E-state index contributed by atoms with van der Waals surface area (Å²) in [4.78, 5) is 29.6. The number of nitrogens with one attached hydrogen (secondary N) is 1. The first-order valence-corrected chi connectivity index (χ1v) is 10.0. The molecular weight excluding hydrogens is 326 g/mol. The predicted octanol–water partition coefficient (Wildman–Crippen LogP) is 2.28. The number of nitrogens with zero attached hydrogens (tertiary/aromatic N) is 2. The van der Waals surface area contributed by atoms with Gasteiger partial charge in [-0.2, -0.15) is 0 Å². The van der Waals surface area contributed by atoms with E-state index in [0.29, 0.717) is 18.4 Å². The molecule has 4 rings (SSSR count). The number of piperidine rings is 3.